The Kier molecular flexibility index (Phi) is 5.02. The molecule has 21 heavy (non-hydrogen) atoms. The molecule has 0 aromatic carbocycles. The summed E-state index contributed by atoms with van der Waals surface area (Å²) in [5.41, 5.74) is -1.67. The van der Waals surface area contributed by atoms with E-state index >= 15 is 0 Å². The molecular formula is C15H24O6. The van der Waals surface area contributed by atoms with Gasteiger partial charge in [-0.25, -0.2) is 4.79 Å². The second kappa shape index (κ2) is 6.03. The lowest BCUT2D eigenvalue weighted by molar-refractivity contribution is -0.189. The van der Waals surface area contributed by atoms with Crippen LogP contribution in [0.5, 0.6) is 0 Å². The maximum absolute atomic E-state index is 12.2. The Morgan fingerprint density at radius 3 is 2.29 bits per heavy atom. The maximum atomic E-state index is 12.2. The van der Waals surface area contributed by atoms with Gasteiger partial charge in [0.25, 0.3) is 0 Å². The van der Waals surface area contributed by atoms with E-state index in [4.69, 9.17) is 14.6 Å². The van der Waals surface area contributed by atoms with Crippen LogP contribution in [0.25, 0.3) is 0 Å². The number of ether oxygens (including phenoxy) is 2. The molecule has 0 aromatic heterocycles. The molecule has 1 rings (SSSR count). The molecule has 0 amide bonds. The molecule has 1 fully saturated rings. The van der Waals surface area contributed by atoms with E-state index in [1.807, 2.05) is 13.8 Å². The molecule has 1 aliphatic carbocycles. The molecule has 0 heterocycles. The molecule has 2 unspecified atom stereocenters. The predicted octanol–water partition coefficient (Wildman–Crippen LogP) is 2.15. The number of hydrogen-bond donors (Lipinski definition) is 1. The van der Waals surface area contributed by atoms with Gasteiger partial charge in [-0.05, 0) is 33.1 Å². The van der Waals surface area contributed by atoms with Crippen molar-refractivity contribution in [2.24, 2.45) is 11.3 Å². The lowest BCUT2D eigenvalue weighted by atomic mass is 9.70. The summed E-state index contributed by atoms with van der Waals surface area (Å²) in [6, 6.07) is 0. The molecule has 0 aliphatic heterocycles. The molecule has 0 spiro atoms. The summed E-state index contributed by atoms with van der Waals surface area (Å²) in [7, 11) is 0. The fourth-order valence-corrected chi connectivity index (χ4v) is 2.51. The van der Waals surface area contributed by atoms with Crippen LogP contribution in [0.3, 0.4) is 0 Å². The van der Waals surface area contributed by atoms with Crippen molar-refractivity contribution >= 4 is 17.9 Å². The number of carbonyl (C=O) groups excluding carboxylic acids is 2. The highest BCUT2D eigenvalue weighted by Gasteiger charge is 2.44. The molecule has 1 aliphatic rings. The Labute approximate surface area is 124 Å². The minimum absolute atomic E-state index is 0.282. The number of rotatable bonds is 4. The van der Waals surface area contributed by atoms with E-state index in [1.165, 1.54) is 20.8 Å². The third-order valence-electron chi connectivity index (χ3n) is 4.00. The van der Waals surface area contributed by atoms with Crippen LogP contribution < -0.4 is 0 Å². The van der Waals surface area contributed by atoms with Crippen LogP contribution >= 0.6 is 0 Å². The first-order chi connectivity index (χ1) is 9.45. The van der Waals surface area contributed by atoms with E-state index in [0.717, 1.165) is 0 Å². The van der Waals surface area contributed by atoms with Crippen molar-refractivity contribution in [3.05, 3.63) is 0 Å². The van der Waals surface area contributed by atoms with Crippen molar-refractivity contribution in [1.29, 1.82) is 0 Å². The SMILES string of the molecule is CC(=O)OC(C)(C)C(=O)OC1CC(C(=O)O)CCC1(C)C. The van der Waals surface area contributed by atoms with Gasteiger partial charge in [-0.15, -0.1) is 0 Å². The lowest BCUT2D eigenvalue weighted by Gasteiger charge is -2.41. The van der Waals surface area contributed by atoms with Crippen LogP contribution in [0.2, 0.25) is 0 Å². The van der Waals surface area contributed by atoms with Crippen LogP contribution in [0.1, 0.15) is 53.9 Å². The lowest BCUT2D eigenvalue weighted by Crippen LogP contribution is -2.46. The molecule has 2 atom stereocenters. The summed E-state index contributed by atoms with van der Waals surface area (Å²) < 4.78 is 10.4. The van der Waals surface area contributed by atoms with Gasteiger partial charge in [0.1, 0.15) is 6.10 Å². The van der Waals surface area contributed by atoms with Gasteiger partial charge in [0.05, 0.1) is 5.92 Å². The zero-order chi connectivity index (χ0) is 16.4. The molecule has 0 bridgehead atoms. The third kappa shape index (κ3) is 4.44. The molecule has 0 radical (unpaired) electrons. The van der Waals surface area contributed by atoms with E-state index in [9.17, 15) is 14.4 Å². The average molecular weight is 300 g/mol. The first-order valence-corrected chi connectivity index (χ1v) is 7.09. The standard InChI is InChI=1S/C15H24O6/c1-9(16)21-15(4,5)13(19)20-11-8-10(12(17)18)6-7-14(11,2)3/h10-11H,6-8H2,1-5H3,(H,17,18). The molecular weight excluding hydrogens is 276 g/mol. The highest BCUT2D eigenvalue weighted by molar-refractivity contribution is 5.82. The number of aliphatic carboxylic acids is 1. The van der Waals surface area contributed by atoms with Crippen LogP contribution in [0.4, 0.5) is 0 Å². The van der Waals surface area contributed by atoms with Crippen molar-refractivity contribution in [1.82, 2.24) is 0 Å². The summed E-state index contributed by atoms with van der Waals surface area (Å²) in [5.74, 6) is -2.59. The molecule has 0 aromatic rings. The maximum Gasteiger partial charge on any atom is 0.350 e. The summed E-state index contributed by atoms with van der Waals surface area (Å²) >= 11 is 0. The quantitative estimate of drug-likeness (QED) is 0.800. The molecule has 6 heteroatoms. The fourth-order valence-electron chi connectivity index (χ4n) is 2.51. The third-order valence-corrected chi connectivity index (χ3v) is 4.00. The molecule has 6 nitrogen and oxygen atoms in total. The van der Waals surface area contributed by atoms with Gasteiger partial charge < -0.3 is 14.6 Å². The Balaban J connectivity index is 2.80. The second-order valence-electron chi connectivity index (χ2n) is 6.80. The summed E-state index contributed by atoms with van der Waals surface area (Å²) in [6.07, 6.45) is 1.01. The predicted molar refractivity (Wildman–Crippen MR) is 74.5 cm³/mol. The number of carboxylic acid groups (broad SMARTS) is 1. The second-order valence-corrected chi connectivity index (χ2v) is 6.80. The van der Waals surface area contributed by atoms with Crippen LogP contribution in [-0.2, 0) is 23.9 Å². The van der Waals surface area contributed by atoms with Gasteiger partial charge in [0, 0.05) is 12.3 Å². The van der Waals surface area contributed by atoms with E-state index < -0.39 is 35.5 Å². The van der Waals surface area contributed by atoms with E-state index in [2.05, 4.69) is 0 Å². The number of carbonyl (C=O) groups is 3. The monoisotopic (exact) mass is 300 g/mol. The molecule has 1 saturated carbocycles. The highest BCUT2D eigenvalue weighted by atomic mass is 16.6. The van der Waals surface area contributed by atoms with E-state index in [1.54, 1.807) is 0 Å². The summed E-state index contributed by atoms with van der Waals surface area (Å²) in [6.45, 7) is 8.03. The number of esters is 2. The Morgan fingerprint density at radius 2 is 1.81 bits per heavy atom. The zero-order valence-electron chi connectivity index (χ0n) is 13.3. The Morgan fingerprint density at radius 1 is 1.24 bits per heavy atom. The summed E-state index contributed by atoms with van der Waals surface area (Å²) in [4.78, 5) is 34.3. The van der Waals surface area contributed by atoms with Crippen LogP contribution in [0, 0.1) is 11.3 Å². The first-order valence-electron chi connectivity index (χ1n) is 7.09. The van der Waals surface area contributed by atoms with Gasteiger partial charge in [-0.1, -0.05) is 13.8 Å². The van der Waals surface area contributed by atoms with Crippen LogP contribution in [-0.4, -0.2) is 34.7 Å². The highest BCUT2D eigenvalue weighted by Crippen LogP contribution is 2.41. The number of hydrogen-bond acceptors (Lipinski definition) is 5. The van der Waals surface area contributed by atoms with Crippen molar-refractivity contribution in [2.45, 2.75) is 65.6 Å². The summed E-state index contributed by atoms with van der Waals surface area (Å²) in [5, 5.41) is 9.13. The average Bonchev–Trinajstić information content (AvgIpc) is 2.29. The molecule has 1 N–H and O–H groups in total. The van der Waals surface area contributed by atoms with Crippen LogP contribution in [0.15, 0.2) is 0 Å². The minimum atomic E-state index is -1.38. The Bertz CT molecular complexity index is 437. The normalized spacial score (nSPS) is 25.0. The largest absolute Gasteiger partial charge is 0.481 e. The Hall–Kier alpha value is -1.59. The van der Waals surface area contributed by atoms with Crippen molar-refractivity contribution in [3.8, 4) is 0 Å². The fraction of sp³-hybridized carbons (Fsp3) is 0.800. The molecule has 0 saturated heterocycles. The van der Waals surface area contributed by atoms with E-state index in [-0.39, 0.29) is 11.8 Å². The van der Waals surface area contributed by atoms with Crippen molar-refractivity contribution in [2.75, 3.05) is 0 Å². The topological polar surface area (TPSA) is 89.9 Å². The molecule has 120 valence electrons. The van der Waals surface area contributed by atoms with Gasteiger partial charge in [0.2, 0.25) is 5.60 Å². The van der Waals surface area contributed by atoms with Gasteiger partial charge in [-0.2, -0.15) is 0 Å². The number of carboxylic acids is 1. The van der Waals surface area contributed by atoms with Gasteiger partial charge >= 0.3 is 17.9 Å². The smallest absolute Gasteiger partial charge is 0.350 e. The van der Waals surface area contributed by atoms with E-state index in [0.29, 0.717) is 12.8 Å². The van der Waals surface area contributed by atoms with Crippen molar-refractivity contribution in [3.63, 3.8) is 0 Å². The minimum Gasteiger partial charge on any atom is -0.481 e. The van der Waals surface area contributed by atoms with Crippen molar-refractivity contribution < 1.29 is 29.0 Å². The first kappa shape index (κ1) is 17.5. The zero-order valence-corrected chi connectivity index (χ0v) is 13.3. The van der Waals surface area contributed by atoms with Gasteiger partial charge in [-0.3, -0.25) is 9.59 Å². The van der Waals surface area contributed by atoms with Gasteiger partial charge in [0.15, 0.2) is 0 Å².